The van der Waals surface area contributed by atoms with Gasteiger partial charge in [0.15, 0.2) is 0 Å². The zero-order chi connectivity index (χ0) is 18.0. The van der Waals surface area contributed by atoms with E-state index in [9.17, 15) is 14.7 Å². The van der Waals surface area contributed by atoms with Crippen molar-refractivity contribution in [2.45, 2.75) is 52.0 Å². The molecule has 0 bridgehead atoms. The van der Waals surface area contributed by atoms with Gasteiger partial charge in [-0.2, -0.15) is 0 Å². The molecule has 25 heavy (non-hydrogen) atoms. The van der Waals surface area contributed by atoms with Crippen molar-refractivity contribution in [2.24, 2.45) is 5.41 Å². The summed E-state index contributed by atoms with van der Waals surface area (Å²) in [5.74, 6) is -1.39. The summed E-state index contributed by atoms with van der Waals surface area (Å²) in [4.78, 5) is 25.8. The molecule has 1 saturated carbocycles. The lowest BCUT2D eigenvalue weighted by molar-refractivity contribution is -0.149. The molecular weight excluding hydrogens is 320 g/mol. The number of ether oxygens (including phenoxy) is 1. The predicted molar refractivity (Wildman–Crippen MR) is 92.9 cm³/mol. The third kappa shape index (κ3) is 4.02. The third-order valence-corrected chi connectivity index (χ3v) is 5.04. The van der Waals surface area contributed by atoms with Crippen LogP contribution in [-0.2, 0) is 27.4 Å². The molecule has 1 aromatic carbocycles. The molecular formula is C19H26N2O4. The van der Waals surface area contributed by atoms with Gasteiger partial charge in [-0.1, -0.05) is 24.3 Å². The van der Waals surface area contributed by atoms with Gasteiger partial charge in [0.05, 0.1) is 12.2 Å². The van der Waals surface area contributed by atoms with Gasteiger partial charge in [0, 0.05) is 26.2 Å². The predicted octanol–water partition coefficient (Wildman–Crippen LogP) is 1.78. The van der Waals surface area contributed by atoms with Gasteiger partial charge in [-0.3, -0.25) is 14.5 Å². The molecule has 2 aliphatic rings. The average Bonchev–Trinajstić information content (AvgIpc) is 3.34. The van der Waals surface area contributed by atoms with E-state index in [1.54, 1.807) is 0 Å². The van der Waals surface area contributed by atoms with Crippen LogP contribution < -0.4 is 5.32 Å². The summed E-state index contributed by atoms with van der Waals surface area (Å²) in [6.45, 7) is 7.08. The van der Waals surface area contributed by atoms with Gasteiger partial charge >= 0.3 is 5.97 Å². The summed E-state index contributed by atoms with van der Waals surface area (Å²) < 4.78 is 5.78. The Bertz CT molecular complexity index is 647. The number of nitrogens with one attached hydrogen (secondary N) is 1. The second kappa shape index (κ2) is 7.14. The van der Waals surface area contributed by atoms with Crippen molar-refractivity contribution < 1.29 is 19.4 Å². The highest BCUT2D eigenvalue weighted by atomic mass is 16.5. The van der Waals surface area contributed by atoms with Crippen LogP contribution >= 0.6 is 0 Å². The van der Waals surface area contributed by atoms with Crippen molar-refractivity contribution in [3.05, 3.63) is 35.4 Å². The fraction of sp³-hybridized carbons (Fsp3) is 0.579. The lowest BCUT2D eigenvalue weighted by atomic mass is 10.0. The van der Waals surface area contributed by atoms with Crippen molar-refractivity contribution >= 4 is 11.9 Å². The lowest BCUT2D eigenvalue weighted by Crippen LogP contribution is -2.45. The van der Waals surface area contributed by atoms with E-state index in [1.807, 2.05) is 18.2 Å². The maximum atomic E-state index is 12.2. The minimum atomic E-state index is -1.19. The molecule has 6 nitrogen and oxygen atoms in total. The van der Waals surface area contributed by atoms with Crippen molar-refractivity contribution in [1.29, 1.82) is 0 Å². The number of morpholine rings is 1. The molecule has 0 radical (unpaired) electrons. The number of rotatable bonds is 6. The second-order valence-electron chi connectivity index (χ2n) is 7.29. The van der Waals surface area contributed by atoms with E-state index < -0.39 is 11.4 Å². The van der Waals surface area contributed by atoms with Gasteiger partial charge in [-0.05, 0) is 37.8 Å². The highest BCUT2D eigenvalue weighted by Gasteiger charge is 2.56. The summed E-state index contributed by atoms with van der Waals surface area (Å²) >= 11 is 0. The van der Waals surface area contributed by atoms with Crippen LogP contribution in [0.25, 0.3) is 0 Å². The molecule has 0 spiro atoms. The number of carboxylic acids is 1. The van der Waals surface area contributed by atoms with E-state index in [-0.39, 0.29) is 18.1 Å². The topological polar surface area (TPSA) is 78.9 Å². The van der Waals surface area contributed by atoms with Gasteiger partial charge in [0.1, 0.15) is 5.41 Å². The smallest absolute Gasteiger partial charge is 0.319 e. The second-order valence-corrected chi connectivity index (χ2v) is 7.29. The summed E-state index contributed by atoms with van der Waals surface area (Å²) in [7, 11) is 0. The quantitative estimate of drug-likeness (QED) is 0.768. The van der Waals surface area contributed by atoms with E-state index in [0.29, 0.717) is 19.4 Å². The standard InChI is InChI=1S/C19H26N2O4/c1-13-10-21(11-14(2)25-13)12-16-6-4-3-5-15(16)9-20-17(22)19(7-8-19)18(23)24/h3-6,13-14H,7-12H2,1-2H3,(H,20,22)(H,23,24). The highest BCUT2D eigenvalue weighted by molar-refractivity contribution is 6.04. The third-order valence-electron chi connectivity index (χ3n) is 5.04. The van der Waals surface area contributed by atoms with Crippen LogP contribution in [-0.4, -0.2) is 47.2 Å². The molecule has 2 N–H and O–H groups in total. The van der Waals surface area contributed by atoms with Crippen LogP contribution in [0.5, 0.6) is 0 Å². The van der Waals surface area contributed by atoms with Crippen LogP contribution in [0, 0.1) is 5.41 Å². The molecule has 1 aromatic rings. The Balaban J connectivity index is 1.63. The van der Waals surface area contributed by atoms with Crippen molar-refractivity contribution in [3.8, 4) is 0 Å². The van der Waals surface area contributed by atoms with Crippen LogP contribution in [0.4, 0.5) is 0 Å². The Labute approximate surface area is 148 Å². The molecule has 2 fully saturated rings. The molecule has 3 rings (SSSR count). The first kappa shape index (κ1) is 17.9. The van der Waals surface area contributed by atoms with E-state index in [1.165, 1.54) is 0 Å². The fourth-order valence-corrected chi connectivity index (χ4v) is 3.55. The maximum absolute atomic E-state index is 12.2. The number of hydrogen-bond acceptors (Lipinski definition) is 4. The SMILES string of the molecule is CC1CN(Cc2ccccc2CNC(=O)C2(C(=O)O)CC2)CC(C)O1. The average molecular weight is 346 g/mol. The van der Waals surface area contributed by atoms with Gasteiger partial charge in [0.2, 0.25) is 5.91 Å². The molecule has 136 valence electrons. The highest BCUT2D eigenvalue weighted by Crippen LogP contribution is 2.46. The van der Waals surface area contributed by atoms with E-state index in [0.717, 1.165) is 30.8 Å². The Kier molecular flexibility index (Phi) is 5.11. The molecule has 1 aliphatic carbocycles. The normalized spacial score (nSPS) is 25.4. The van der Waals surface area contributed by atoms with E-state index in [2.05, 4.69) is 30.1 Å². The number of nitrogens with zero attached hydrogens (tertiary/aromatic N) is 1. The molecule has 1 heterocycles. The largest absolute Gasteiger partial charge is 0.480 e. The number of carboxylic acid groups (broad SMARTS) is 1. The van der Waals surface area contributed by atoms with Crippen LogP contribution in [0.2, 0.25) is 0 Å². The number of amides is 1. The minimum Gasteiger partial charge on any atom is -0.480 e. The Morgan fingerprint density at radius 1 is 1.20 bits per heavy atom. The first-order valence-corrected chi connectivity index (χ1v) is 8.87. The number of benzene rings is 1. The molecule has 2 atom stereocenters. The molecule has 0 aromatic heterocycles. The summed E-state index contributed by atoms with van der Waals surface area (Å²) in [5, 5.41) is 12.0. The van der Waals surface area contributed by atoms with Gasteiger partial charge < -0.3 is 15.2 Å². The van der Waals surface area contributed by atoms with Crippen molar-refractivity contribution in [3.63, 3.8) is 0 Å². The number of hydrogen-bond donors (Lipinski definition) is 2. The van der Waals surface area contributed by atoms with Crippen molar-refractivity contribution in [1.82, 2.24) is 10.2 Å². The minimum absolute atomic E-state index is 0.209. The van der Waals surface area contributed by atoms with Crippen LogP contribution in [0.15, 0.2) is 24.3 Å². The van der Waals surface area contributed by atoms with E-state index >= 15 is 0 Å². The maximum Gasteiger partial charge on any atom is 0.319 e. The monoisotopic (exact) mass is 346 g/mol. The zero-order valence-electron chi connectivity index (χ0n) is 14.8. The molecule has 1 aliphatic heterocycles. The van der Waals surface area contributed by atoms with Gasteiger partial charge in [0.25, 0.3) is 0 Å². The fourth-order valence-electron chi connectivity index (χ4n) is 3.55. The lowest BCUT2D eigenvalue weighted by Gasteiger charge is -2.35. The molecule has 1 amide bonds. The summed E-state index contributed by atoms with van der Waals surface area (Å²) in [5.41, 5.74) is 0.998. The first-order valence-electron chi connectivity index (χ1n) is 8.87. The van der Waals surface area contributed by atoms with Gasteiger partial charge in [-0.25, -0.2) is 0 Å². The van der Waals surface area contributed by atoms with Crippen molar-refractivity contribution in [2.75, 3.05) is 13.1 Å². The van der Waals surface area contributed by atoms with Crippen LogP contribution in [0.3, 0.4) is 0 Å². The Hall–Kier alpha value is -1.92. The summed E-state index contributed by atoms with van der Waals surface area (Å²) in [6.07, 6.45) is 1.28. The Morgan fingerprint density at radius 3 is 2.36 bits per heavy atom. The number of carbonyl (C=O) groups excluding carboxylic acids is 1. The molecule has 1 saturated heterocycles. The zero-order valence-corrected chi connectivity index (χ0v) is 14.8. The summed E-state index contributed by atoms with van der Waals surface area (Å²) in [6, 6.07) is 7.99. The first-order chi connectivity index (χ1) is 11.9. The molecule has 6 heteroatoms. The molecule has 2 unspecified atom stereocenters. The van der Waals surface area contributed by atoms with Gasteiger partial charge in [-0.15, -0.1) is 0 Å². The number of aliphatic carboxylic acids is 1. The van der Waals surface area contributed by atoms with E-state index in [4.69, 9.17) is 4.74 Å². The van der Waals surface area contributed by atoms with Crippen LogP contribution in [0.1, 0.15) is 37.8 Å². The number of carbonyl (C=O) groups is 2. The Morgan fingerprint density at radius 2 is 1.80 bits per heavy atom.